The normalized spacial score (nSPS) is 11.2. The number of halogens is 3. The molecule has 0 spiro atoms. The molecule has 0 unspecified atom stereocenters. The first-order chi connectivity index (χ1) is 12.8. The maximum Gasteiger partial charge on any atom is 0.573 e. The zero-order valence-corrected chi connectivity index (χ0v) is 14.4. The molecular weight excluding hydrogens is 383 g/mol. The molecule has 0 bridgehead atoms. The standard InChI is InChI=1S/C17H12F3N3O3S/c18-17(19,20)26-13-6-4-11(5-7-13)14-10-27-16(22-14)15(24)21-9-12-3-1-2-8-23(12)25/h1-8,10H,9H2,(H,21,24). The summed E-state index contributed by atoms with van der Waals surface area (Å²) in [5.41, 5.74) is 1.37. The first-order valence-electron chi connectivity index (χ1n) is 7.59. The summed E-state index contributed by atoms with van der Waals surface area (Å²) in [4.78, 5) is 16.3. The molecule has 1 aromatic carbocycles. The van der Waals surface area contributed by atoms with E-state index in [1.165, 1.54) is 30.5 Å². The summed E-state index contributed by atoms with van der Waals surface area (Å²) >= 11 is 1.09. The number of benzene rings is 1. The number of carbonyl (C=O) groups is 1. The second-order valence-corrected chi connectivity index (χ2v) is 6.17. The van der Waals surface area contributed by atoms with Crippen LogP contribution in [-0.4, -0.2) is 17.3 Å². The molecule has 3 aromatic rings. The van der Waals surface area contributed by atoms with Crippen LogP contribution in [0.5, 0.6) is 5.75 Å². The fourth-order valence-electron chi connectivity index (χ4n) is 2.18. The lowest BCUT2D eigenvalue weighted by molar-refractivity contribution is -0.614. The second-order valence-electron chi connectivity index (χ2n) is 5.31. The number of carbonyl (C=O) groups excluding carboxylic acids is 1. The van der Waals surface area contributed by atoms with E-state index >= 15 is 0 Å². The molecule has 6 nitrogen and oxygen atoms in total. The van der Waals surface area contributed by atoms with Crippen LogP contribution in [0.3, 0.4) is 0 Å². The van der Waals surface area contributed by atoms with E-state index in [0.717, 1.165) is 11.3 Å². The molecule has 3 rings (SSSR count). The Labute approximate surface area is 155 Å². The summed E-state index contributed by atoms with van der Waals surface area (Å²) in [6.07, 6.45) is -3.43. The highest BCUT2D eigenvalue weighted by Gasteiger charge is 2.31. The van der Waals surface area contributed by atoms with Gasteiger partial charge in [-0.2, -0.15) is 4.73 Å². The third-order valence-corrected chi connectivity index (χ3v) is 4.26. The van der Waals surface area contributed by atoms with Crippen LogP contribution in [0.2, 0.25) is 0 Å². The minimum absolute atomic E-state index is 0.0432. The molecule has 140 valence electrons. The van der Waals surface area contributed by atoms with E-state index in [2.05, 4.69) is 15.0 Å². The second kappa shape index (κ2) is 7.62. The Morgan fingerprint density at radius 3 is 2.63 bits per heavy atom. The van der Waals surface area contributed by atoms with Crippen LogP contribution >= 0.6 is 11.3 Å². The van der Waals surface area contributed by atoms with E-state index < -0.39 is 12.3 Å². The van der Waals surface area contributed by atoms with Crippen LogP contribution < -0.4 is 14.8 Å². The van der Waals surface area contributed by atoms with E-state index in [0.29, 0.717) is 21.7 Å². The van der Waals surface area contributed by atoms with Crippen molar-refractivity contribution in [2.24, 2.45) is 0 Å². The molecule has 0 fully saturated rings. The molecule has 0 aliphatic carbocycles. The van der Waals surface area contributed by atoms with E-state index in [-0.39, 0.29) is 17.3 Å². The Kier molecular flexibility index (Phi) is 5.26. The molecule has 0 aliphatic heterocycles. The first kappa shape index (κ1) is 18.6. The van der Waals surface area contributed by atoms with Crippen LogP contribution in [-0.2, 0) is 6.54 Å². The zero-order valence-electron chi connectivity index (χ0n) is 13.6. The van der Waals surface area contributed by atoms with Gasteiger partial charge in [-0.3, -0.25) is 4.79 Å². The monoisotopic (exact) mass is 395 g/mol. The number of nitrogens with one attached hydrogen (secondary N) is 1. The number of hydrogen-bond acceptors (Lipinski definition) is 5. The lowest BCUT2D eigenvalue weighted by atomic mass is 10.2. The molecular formula is C17H12F3N3O3S. The first-order valence-corrected chi connectivity index (χ1v) is 8.47. The van der Waals surface area contributed by atoms with E-state index in [4.69, 9.17) is 0 Å². The Morgan fingerprint density at radius 2 is 1.96 bits per heavy atom. The highest BCUT2D eigenvalue weighted by molar-refractivity contribution is 7.12. The third kappa shape index (κ3) is 4.94. The average Bonchev–Trinajstić information content (AvgIpc) is 3.10. The van der Waals surface area contributed by atoms with Gasteiger partial charge in [-0.15, -0.1) is 24.5 Å². The summed E-state index contributed by atoms with van der Waals surface area (Å²) in [6, 6.07) is 10.0. The third-order valence-electron chi connectivity index (χ3n) is 3.42. The van der Waals surface area contributed by atoms with Crippen molar-refractivity contribution < 1.29 is 27.4 Å². The van der Waals surface area contributed by atoms with Gasteiger partial charge in [0.2, 0.25) is 5.69 Å². The van der Waals surface area contributed by atoms with Crippen LogP contribution in [0.15, 0.2) is 54.0 Å². The molecule has 10 heteroatoms. The smallest absolute Gasteiger partial charge is 0.573 e. The number of ether oxygens (including phenoxy) is 1. The number of alkyl halides is 3. The fraction of sp³-hybridized carbons (Fsp3) is 0.118. The summed E-state index contributed by atoms with van der Waals surface area (Å²) < 4.78 is 41.0. The Balaban J connectivity index is 1.65. The molecule has 2 heterocycles. The molecule has 0 atom stereocenters. The van der Waals surface area contributed by atoms with Gasteiger partial charge in [0, 0.05) is 23.1 Å². The van der Waals surface area contributed by atoms with Gasteiger partial charge in [-0.1, -0.05) is 0 Å². The lowest BCUT2D eigenvalue weighted by Gasteiger charge is -2.08. The highest BCUT2D eigenvalue weighted by Crippen LogP contribution is 2.27. The van der Waals surface area contributed by atoms with Gasteiger partial charge >= 0.3 is 6.36 Å². The van der Waals surface area contributed by atoms with Gasteiger partial charge in [0.25, 0.3) is 5.91 Å². The van der Waals surface area contributed by atoms with Crippen LogP contribution in [0.1, 0.15) is 15.5 Å². The van der Waals surface area contributed by atoms with Crippen molar-refractivity contribution in [3.05, 3.63) is 70.0 Å². The molecule has 1 N–H and O–H groups in total. The molecule has 0 saturated heterocycles. The predicted molar refractivity (Wildman–Crippen MR) is 90.8 cm³/mol. The SMILES string of the molecule is O=C(NCc1cccc[n+]1[O-])c1nc(-c2ccc(OC(F)(F)F)cc2)cs1. The summed E-state index contributed by atoms with van der Waals surface area (Å²) in [5.74, 6) is -0.791. The quantitative estimate of drug-likeness (QED) is 0.531. The van der Waals surface area contributed by atoms with Crippen molar-refractivity contribution in [1.29, 1.82) is 0 Å². The Hall–Kier alpha value is -3.14. The van der Waals surface area contributed by atoms with Gasteiger partial charge in [-0.25, -0.2) is 4.98 Å². The molecule has 0 radical (unpaired) electrons. The summed E-state index contributed by atoms with van der Waals surface area (Å²) in [5, 5.41) is 15.9. The Bertz CT molecular complexity index is 942. The van der Waals surface area contributed by atoms with Crippen molar-refractivity contribution in [2.75, 3.05) is 0 Å². The van der Waals surface area contributed by atoms with Gasteiger partial charge in [0.15, 0.2) is 11.2 Å². The number of rotatable bonds is 5. The van der Waals surface area contributed by atoms with Crippen molar-refractivity contribution in [3.8, 4) is 17.0 Å². The topological polar surface area (TPSA) is 78.2 Å². The number of hydrogen-bond donors (Lipinski definition) is 1. The minimum Gasteiger partial charge on any atom is -0.618 e. The molecule has 0 aliphatic rings. The summed E-state index contributed by atoms with van der Waals surface area (Å²) in [7, 11) is 0. The van der Waals surface area contributed by atoms with Crippen molar-refractivity contribution >= 4 is 17.2 Å². The molecule has 2 aromatic heterocycles. The van der Waals surface area contributed by atoms with Gasteiger partial charge in [0.1, 0.15) is 12.3 Å². The number of pyridine rings is 1. The molecule has 27 heavy (non-hydrogen) atoms. The molecule has 0 saturated carbocycles. The van der Waals surface area contributed by atoms with Gasteiger partial charge < -0.3 is 15.3 Å². The number of aromatic nitrogens is 2. The Morgan fingerprint density at radius 1 is 1.22 bits per heavy atom. The number of thiazole rings is 1. The maximum atomic E-state index is 12.2. The van der Waals surface area contributed by atoms with Gasteiger partial charge in [0.05, 0.1) is 5.69 Å². The van der Waals surface area contributed by atoms with Crippen molar-refractivity contribution in [1.82, 2.24) is 10.3 Å². The lowest BCUT2D eigenvalue weighted by Crippen LogP contribution is -2.35. The van der Waals surface area contributed by atoms with Crippen molar-refractivity contribution in [3.63, 3.8) is 0 Å². The highest BCUT2D eigenvalue weighted by atomic mass is 32.1. The fourth-order valence-corrected chi connectivity index (χ4v) is 2.93. The maximum absolute atomic E-state index is 12.2. The van der Waals surface area contributed by atoms with Crippen molar-refractivity contribution in [2.45, 2.75) is 12.9 Å². The molecule has 1 amide bonds. The number of nitrogens with zero attached hydrogens (tertiary/aromatic N) is 2. The largest absolute Gasteiger partial charge is 0.618 e. The minimum atomic E-state index is -4.76. The van der Waals surface area contributed by atoms with Crippen LogP contribution in [0.25, 0.3) is 11.3 Å². The van der Waals surface area contributed by atoms with E-state index in [9.17, 15) is 23.2 Å². The number of amides is 1. The van der Waals surface area contributed by atoms with Gasteiger partial charge in [-0.05, 0) is 30.3 Å². The van der Waals surface area contributed by atoms with E-state index in [1.807, 2.05) is 0 Å². The predicted octanol–water partition coefficient (Wildman–Crippen LogP) is 3.27. The summed E-state index contributed by atoms with van der Waals surface area (Å²) in [6.45, 7) is 0.0432. The van der Waals surface area contributed by atoms with E-state index in [1.54, 1.807) is 23.6 Å². The zero-order chi connectivity index (χ0) is 19.4. The van der Waals surface area contributed by atoms with Crippen LogP contribution in [0, 0.1) is 5.21 Å². The van der Waals surface area contributed by atoms with Crippen LogP contribution in [0.4, 0.5) is 13.2 Å². The average molecular weight is 395 g/mol.